The molecule has 0 aliphatic heterocycles. The third kappa shape index (κ3) is 4.97. The molecule has 0 saturated heterocycles. The quantitative estimate of drug-likeness (QED) is 0.787. The van der Waals surface area contributed by atoms with Crippen molar-refractivity contribution >= 4 is 23.3 Å². The minimum atomic E-state index is -0.206. The highest BCUT2D eigenvalue weighted by Gasteiger charge is 2.08. The molecule has 1 aromatic rings. The van der Waals surface area contributed by atoms with Gasteiger partial charge in [-0.2, -0.15) is 0 Å². The molecule has 0 heterocycles. The number of methoxy groups -OCH3 is 1. The second-order valence-electron chi connectivity index (χ2n) is 3.45. The zero-order valence-electron chi connectivity index (χ0n) is 9.53. The molecular weight excluding hydrogens is 242 g/mol. The Labute approximate surface area is 105 Å². The lowest BCUT2D eigenvalue weighted by Crippen LogP contribution is -2.30. The first-order chi connectivity index (χ1) is 8.13. The van der Waals surface area contributed by atoms with Crippen molar-refractivity contribution in [3.05, 3.63) is 34.9 Å². The van der Waals surface area contributed by atoms with Gasteiger partial charge >= 0.3 is 0 Å². The Kier molecular flexibility index (Phi) is 5.66. The Hall–Kier alpha value is -1.39. The Morgan fingerprint density at radius 3 is 2.82 bits per heavy atom. The number of halogens is 1. The van der Waals surface area contributed by atoms with Gasteiger partial charge in [-0.3, -0.25) is 9.59 Å². The van der Waals surface area contributed by atoms with Crippen molar-refractivity contribution in [2.75, 3.05) is 20.3 Å². The second-order valence-corrected chi connectivity index (χ2v) is 3.89. The molecule has 0 bridgehead atoms. The summed E-state index contributed by atoms with van der Waals surface area (Å²) in [5.41, 5.74) is 0.490. The van der Waals surface area contributed by atoms with Gasteiger partial charge in [0.1, 0.15) is 0 Å². The van der Waals surface area contributed by atoms with E-state index in [4.69, 9.17) is 16.3 Å². The summed E-state index contributed by atoms with van der Waals surface area (Å²) in [5, 5.41) is 3.03. The monoisotopic (exact) mass is 255 g/mol. The molecule has 0 aliphatic rings. The summed E-state index contributed by atoms with van der Waals surface area (Å²) in [7, 11) is 1.52. The van der Waals surface area contributed by atoms with Crippen LogP contribution in [0, 0.1) is 0 Å². The number of carbonyl (C=O) groups excluding carboxylic acids is 2. The van der Waals surface area contributed by atoms with E-state index in [2.05, 4.69) is 5.32 Å². The third-order valence-corrected chi connectivity index (χ3v) is 2.36. The smallest absolute Gasteiger partial charge is 0.222 e. The molecule has 0 unspecified atom stereocenters. The number of amides is 1. The van der Waals surface area contributed by atoms with E-state index in [-0.39, 0.29) is 24.7 Å². The SMILES string of the molecule is COCCC(=O)NCC(=O)c1cccc(Cl)c1. The van der Waals surface area contributed by atoms with Crippen molar-refractivity contribution in [2.45, 2.75) is 6.42 Å². The van der Waals surface area contributed by atoms with Gasteiger partial charge in [-0.05, 0) is 12.1 Å². The summed E-state index contributed by atoms with van der Waals surface area (Å²) in [6, 6.07) is 6.62. The molecular formula is C12H14ClNO3. The van der Waals surface area contributed by atoms with Crippen LogP contribution in [-0.4, -0.2) is 32.0 Å². The van der Waals surface area contributed by atoms with Gasteiger partial charge < -0.3 is 10.1 Å². The number of ether oxygens (including phenoxy) is 1. The van der Waals surface area contributed by atoms with E-state index in [1.807, 2.05) is 0 Å². The lowest BCUT2D eigenvalue weighted by atomic mass is 10.1. The maximum atomic E-state index is 11.7. The Balaban J connectivity index is 2.42. The van der Waals surface area contributed by atoms with E-state index in [9.17, 15) is 9.59 Å². The molecule has 1 rings (SSSR count). The molecule has 0 atom stereocenters. The number of hydrogen-bond donors (Lipinski definition) is 1. The first-order valence-corrected chi connectivity index (χ1v) is 5.55. The predicted molar refractivity (Wildman–Crippen MR) is 65.3 cm³/mol. The molecule has 1 N–H and O–H groups in total. The van der Waals surface area contributed by atoms with Gasteiger partial charge in [0.05, 0.1) is 13.2 Å². The zero-order valence-corrected chi connectivity index (χ0v) is 10.3. The van der Waals surface area contributed by atoms with Gasteiger partial charge in [0.25, 0.3) is 0 Å². The van der Waals surface area contributed by atoms with Crippen LogP contribution < -0.4 is 5.32 Å². The van der Waals surface area contributed by atoms with E-state index < -0.39 is 0 Å². The summed E-state index contributed by atoms with van der Waals surface area (Å²) in [6.07, 6.45) is 0.249. The molecule has 0 spiro atoms. The van der Waals surface area contributed by atoms with Crippen molar-refractivity contribution < 1.29 is 14.3 Å². The lowest BCUT2D eigenvalue weighted by molar-refractivity contribution is -0.121. The number of rotatable bonds is 6. The molecule has 5 heteroatoms. The van der Waals surface area contributed by atoms with Crippen LogP contribution >= 0.6 is 11.6 Å². The summed E-state index contributed by atoms with van der Waals surface area (Å²) < 4.78 is 4.76. The van der Waals surface area contributed by atoms with E-state index >= 15 is 0 Å². The maximum absolute atomic E-state index is 11.7. The number of nitrogens with one attached hydrogen (secondary N) is 1. The average Bonchev–Trinajstić information content (AvgIpc) is 2.33. The summed E-state index contributed by atoms with van der Waals surface area (Å²) in [5.74, 6) is -0.375. The maximum Gasteiger partial charge on any atom is 0.222 e. The standard InChI is InChI=1S/C12H14ClNO3/c1-17-6-5-12(16)14-8-11(15)9-3-2-4-10(13)7-9/h2-4,7H,5-6,8H2,1H3,(H,14,16). The number of Topliss-reactive ketones (excluding diaryl/α,β-unsaturated/α-hetero) is 1. The van der Waals surface area contributed by atoms with Crippen molar-refractivity contribution in [1.29, 1.82) is 0 Å². The predicted octanol–water partition coefficient (Wildman–Crippen LogP) is 1.68. The molecule has 92 valence electrons. The van der Waals surface area contributed by atoms with Crippen LogP contribution in [0.2, 0.25) is 5.02 Å². The molecule has 1 aromatic carbocycles. The first-order valence-electron chi connectivity index (χ1n) is 5.18. The Bertz CT molecular complexity index is 406. The van der Waals surface area contributed by atoms with Gasteiger partial charge in [-0.1, -0.05) is 23.7 Å². The normalized spacial score (nSPS) is 10.0. The van der Waals surface area contributed by atoms with Crippen LogP contribution in [0.1, 0.15) is 16.8 Å². The fraction of sp³-hybridized carbons (Fsp3) is 0.333. The van der Waals surface area contributed by atoms with Gasteiger partial charge in [0.2, 0.25) is 5.91 Å². The molecule has 4 nitrogen and oxygen atoms in total. The molecule has 0 saturated carbocycles. The number of benzene rings is 1. The zero-order chi connectivity index (χ0) is 12.7. The summed E-state index contributed by atoms with van der Waals surface area (Å²) in [6.45, 7) is 0.320. The molecule has 0 radical (unpaired) electrons. The highest BCUT2D eigenvalue weighted by Crippen LogP contribution is 2.10. The van der Waals surface area contributed by atoms with Gasteiger partial charge in [-0.15, -0.1) is 0 Å². The largest absolute Gasteiger partial charge is 0.384 e. The van der Waals surface area contributed by atoms with Crippen molar-refractivity contribution in [3.8, 4) is 0 Å². The fourth-order valence-electron chi connectivity index (χ4n) is 1.23. The highest BCUT2D eigenvalue weighted by molar-refractivity contribution is 6.31. The fourth-order valence-corrected chi connectivity index (χ4v) is 1.42. The van der Waals surface area contributed by atoms with Gasteiger partial charge in [0.15, 0.2) is 5.78 Å². The average molecular weight is 256 g/mol. The van der Waals surface area contributed by atoms with Crippen LogP contribution in [-0.2, 0) is 9.53 Å². The van der Waals surface area contributed by atoms with Crippen molar-refractivity contribution in [2.24, 2.45) is 0 Å². The van der Waals surface area contributed by atoms with E-state index in [1.165, 1.54) is 7.11 Å². The Morgan fingerprint density at radius 2 is 2.18 bits per heavy atom. The topological polar surface area (TPSA) is 55.4 Å². The molecule has 0 fully saturated rings. The Morgan fingerprint density at radius 1 is 1.41 bits per heavy atom. The van der Waals surface area contributed by atoms with Gasteiger partial charge in [-0.25, -0.2) is 0 Å². The summed E-state index contributed by atoms with van der Waals surface area (Å²) in [4.78, 5) is 22.9. The van der Waals surface area contributed by atoms with E-state index in [0.717, 1.165) is 0 Å². The van der Waals surface area contributed by atoms with Gasteiger partial charge in [0, 0.05) is 24.1 Å². The molecule has 0 aliphatic carbocycles. The van der Waals surface area contributed by atoms with Crippen molar-refractivity contribution in [3.63, 3.8) is 0 Å². The molecule has 1 amide bonds. The third-order valence-electron chi connectivity index (χ3n) is 2.13. The van der Waals surface area contributed by atoms with Crippen LogP contribution in [0.3, 0.4) is 0 Å². The number of hydrogen-bond acceptors (Lipinski definition) is 3. The number of carbonyl (C=O) groups is 2. The van der Waals surface area contributed by atoms with E-state index in [1.54, 1.807) is 24.3 Å². The van der Waals surface area contributed by atoms with E-state index in [0.29, 0.717) is 17.2 Å². The number of ketones is 1. The molecule has 17 heavy (non-hydrogen) atoms. The van der Waals surface area contributed by atoms with Crippen LogP contribution in [0.25, 0.3) is 0 Å². The minimum Gasteiger partial charge on any atom is -0.384 e. The first kappa shape index (κ1) is 13.7. The van der Waals surface area contributed by atoms with Crippen molar-refractivity contribution in [1.82, 2.24) is 5.32 Å². The molecule has 0 aromatic heterocycles. The van der Waals surface area contributed by atoms with Crippen LogP contribution in [0.5, 0.6) is 0 Å². The highest BCUT2D eigenvalue weighted by atomic mass is 35.5. The summed E-state index contributed by atoms with van der Waals surface area (Å²) >= 11 is 5.76. The van der Waals surface area contributed by atoms with Crippen LogP contribution in [0.15, 0.2) is 24.3 Å². The second kappa shape index (κ2) is 7.04. The van der Waals surface area contributed by atoms with Crippen LogP contribution in [0.4, 0.5) is 0 Å². The minimum absolute atomic E-state index is 0.0249. The lowest BCUT2D eigenvalue weighted by Gasteiger charge is -2.04.